The maximum atomic E-state index is 6.23. The topological polar surface area (TPSA) is 35.2 Å². The fourth-order valence-corrected chi connectivity index (χ4v) is 2.72. The molecule has 1 atom stereocenters. The van der Waals surface area contributed by atoms with E-state index in [0.29, 0.717) is 5.92 Å². The highest BCUT2D eigenvalue weighted by Crippen LogP contribution is 2.46. The van der Waals surface area contributed by atoms with Gasteiger partial charge in [0.15, 0.2) is 0 Å². The highest BCUT2D eigenvalue weighted by atomic mass is 16.5. The number of nitrogens with two attached hydrogens (primary N) is 1. The number of ether oxygens (including phenoxy) is 1. The molecule has 2 nitrogen and oxygen atoms in total. The van der Waals surface area contributed by atoms with Crippen molar-refractivity contribution in [3.63, 3.8) is 0 Å². The van der Waals surface area contributed by atoms with Crippen LogP contribution in [0.3, 0.4) is 0 Å². The lowest BCUT2D eigenvalue weighted by atomic mass is 9.86. The van der Waals surface area contributed by atoms with Crippen LogP contribution in [-0.4, -0.2) is 12.1 Å². The normalized spacial score (nSPS) is 25.8. The third-order valence-electron chi connectivity index (χ3n) is 3.94. The maximum Gasteiger partial charge on any atom is 0.125 e. The summed E-state index contributed by atoms with van der Waals surface area (Å²) in [5.41, 5.74) is 9.01. The first kappa shape index (κ1) is 10.2. The molecule has 86 valence electrons. The average Bonchev–Trinajstić information content (AvgIpc) is 2.98. The predicted molar refractivity (Wildman–Crippen MR) is 64.8 cm³/mol. The summed E-state index contributed by atoms with van der Waals surface area (Å²) >= 11 is 0. The monoisotopic (exact) mass is 217 g/mol. The van der Waals surface area contributed by atoms with Crippen LogP contribution in [0.1, 0.15) is 42.7 Å². The van der Waals surface area contributed by atoms with Crippen LogP contribution in [0.5, 0.6) is 5.75 Å². The van der Waals surface area contributed by atoms with E-state index < -0.39 is 0 Å². The minimum Gasteiger partial charge on any atom is -0.493 e. The Kier molecular flexibility index (Phi) is 2.21. The number of aryl methyl sites for hydroxylation is 1. The minimum absolute atomic E-state index is 0.142. The van der Waals surface area contributed by atoms with E-state index in [4.69, 9.17) is 10.5 Å². The Morgan fingerprint density at radius 3 is 3.00 bits per heavy atom. The summed E-state index contributed by atoms with van der Waals surface area (Å²) < 4.78 is 5.78. The molecule has 3 rings (SSSR count). The summed E-state index contributed by atoms with van der Waals surface area (Å²) in [5, 5.41) is 0. The lowest BCUT2D eigenvalue weighted by molar-refractivity contribution is 0.255. The molecule has 16 heavy (non-hydrogen) atoms. The molecule has 0 saturated heterocycles. The number of rotatable bonds is 2. The van der Waals surface area contributed by atoms with Crippen LogP contribution in [0.2, 0.25) is 0 Å². The minimum atomic E-state index is 0.142. The molecule has 1 aromatic rings. The van der Waals surface area contributed by atoms with Crippen molar-refractivity contribution in [2.75, 3.05) is 6.61 Å². The van der Waals surface area contributed by atoms with Crippen LogP contribution in [0.4, 0.5) is 0 Å². The number of hydrogen-bond acceptors (Lipinski definition) is 2. The number of para-hydroxylation sites is 1. The summed E-state index contributed by atoms with van der Waals surface area (Å²) in [6, 6.07) is 6.46. The van der Waals surface area contributed by atoms with E-state index in [0.717, 1.165) is 25.2 Å². The maximum absolute atomic E-state index is 6.23. The summed E-state index contributed by atoms with van der Waals surface area (Å²) in [6.45, 7) is 2.97. The van der Waals surface area contributed by atoms with Crippen LogP contribution in [0.15, 0.2) is 18.2 Å². The molecule has 0 aromatic heterocycles. The Morgan fingerprint density at radius 1 is 1.44 bits per heavy atom. The summed E-state index contributed by atoms with van der Waals surface area (Å²) in [4.78, 5) is 0. The molecule has 2 heteroatoms. The first-order chi connectivity index (χ1) is 7.68. The Hall–Kier alpha value is -1.02. The number of benzene rings is 1. The first-order valence-electron chi connectivity index (χ1n) is 6.19. The fraction of sp³-hybridized carbons (Fsp3) is 0.571. The van der Waals surface area contributed by atoms with E-state index >= 15 is 0 Å². The molecule has 1 heterocycles. The van der Waals surface area contributed by atoms with Crippen molar-refractivity contribution in [2.45, 2.75) is 44.1 Å². The molecule has 0 bridgehead atoms. The third kappa shape index (κ3) is 1.71. The smallest absolute Gasteiger partial charge is 0.125 e. The van der Waals surface area contributed by atoms with E-state index in [1.165, 1.54) is 24.0 Å². The Morgan fingerprint density at radius 2 is 2.25 bits per heavy atom. The highest BCUT2D eigenvalue weighted by molar-refractivity contribution is 5.44. The van der Waals surface area contributed by atoms with Crippen LogP contribution in [-0.2, 0) is 0 Å². The lowest BCUT2D eigenvalue weighted by Gasteiger charge is -2.29. The zero-order valence-electron chi connectivity index (χ0n) is 9.83. The van der Waals surface area contributed by atoms with Crippen molar-refractivity contribution < 1.29 is 4.74 Å². The van der Waals surface area contributed by atoms with E-state index in [-0.39, 0.29) is 5.54 Å². The van der Waals surface area contributed by atoms with Crippen LogP contribution in [0.25, 0.3) is 0 Å². The summed E-state index contributed by atoms with van der Waals surface area (Å²) in [5.74, 6) is 1.72. The predicted octanol–water partition coefficient (Wildman–Crippen LogP) is 2.74. The largest absolute Gasteiger partial charge is 0.493 e. The van der Waals surface area contributed by atoms with Gasteiger partial charge in [-0.2, -0.15) is 0 Å². The van der Waals surface area contributed by atoms with E-state index in [9.17, 15) is 0 Å². The molecule has 2 N–H and O–H groups in total. The van der Waals surface area contributed by atoms with Crippen molar-refractivity contribution in [3.8, 4) is 5.75 Å². The van der Waals surface area contributed by atoms with Crippen molar-refractivity contribution in [1.82, 2.24) is 0 Å². The number of hydrogen-bond donors (Lipinski definition) is 1. The second kappa shape index (κ2) is 3.49. The van der Waals surface area contributed by atoms with Gasteiger partial charge in [-0.25, -0.2) is 0 Å². The molecule has 1 aliphatic heterocycles. The van der Waals surface area contributed by atoms with Crippen LogP contribution < -0.4 is 10.5 Å². The van der Waals surface area contributed by atoms with Crippen molar-refractivity contribution >= 4 is 0 Å². The molecule has 2 aliphatic rings. The fourth-order valence-electron chi connectivity index (χ4n) is 2.72. The van der Waals surface area contributed by atoms with Gasteiger partial charge in [-0.3, -0.25) is 0 Å². The Labute approximate surface area is 96.8 Å². The zero-order valence-corrected chi connectivity index (χ0v) is 9.83. The lowest BCUT2D eigenvalue weighted by Crippen LogP contribution is -2.27. The quantitative estimate of drug-likeness (QED) is 0.826. The van der Waals surface area contributed by atoms with Gasteiger partial charge in [0.25, 0.3) is 0 Å². The SMILES string of the molecule is Cc1cccc2c1OCCC2CC1(N)CC1. The molecular weight excluding hydrogens is 198 g/mol. The second-order valence-corrected chi connectivity index (χ2v) is 5.39. The molecule has 1 fully saturated rings. The molecular formula is C14H19NO. The van der Waals surface area contributed by atoms with Crippen molar-refractivity contribution in [2.24, 2.45) is 5.73 Å². The second-order valence-electron chi connectivity index (χ2n) is 5.39. The Balaban J connectivity index is 1.90. The molecule has 0 radical (unpaired) electrons. The zero-order chi connectivity index (χ0) is 11.2. The van der Waals surface area contributed by atoms with Gasteiger partial charge in [0.2, 0.25) is 0 Å². The van der Waals surface area contributed by atoms with Crippen LogP contribution in [0, 0.1) is 6.92 Å². The van der Waals surface area contributed by atoms with Gasteiger partial charge in [-0.05, 0) is 49.7 Å². The standard InChI is InChI=1S/C14H19NO/c1-10-3-2-4-12-11(5-8-16-13(10)12)9-14(15)6-7-14/h2-4,11H,5-9,15H2,1H3. The van der Waals surface area contributed by atoms with Gasteiger partial charge >= 0.3 is 0 Å². The van der Waals surface area contributed by atoms with Crippen molar-refractivity contribution in [1.29, 1.82) is 0 Å². The summed E-state index contributed by atoms with van der Waals surface area (Å²) in [7, 11) is 0. The molecule has 1 aliphatic carbocycles. The molecule has 1 unspecified atom stereocenters. The third-order valence-corrected chi connectivity index (χ3v) is 3.94. The van der Waals surface area contributed by atoms with E-state index in [2.05, 4.69) is 25.1 Å². The van der Waals surface area contributed by atoms with Gasteiger partial charge in [0.05, 0.1) is 6.61 Å². The van der Waals surface area contributed by atoms with E-state index in [1.54, 1.807) is 0 Å². The van der Waals surface area contributed by atoms with Gasteiger partial charge in [-0.1, -0.05) is 18.2 Å². The van der Waals surface area contributed by atoms with Gasteiger partial charge in [0, 0.05) is 5.54 Å². The summed E-state index contributed by atoms with van der Waals surface area (Å²) in [6.07, 6.45) is 4.65. The van der Waals surface area contributed by atoms with Gasteiger partial charge in [0.1, 0.15) is 5.75 Å². The molecule has 1 aromatic carbocycles. The first-order valence-corrected chi connectivity index (χ1v) is 6.19. The highest BCUT2D eigenvalue weighted by Gasteiger charge is 2.41. The Bertz CT molecular complexity index is 409. The molecule has 0 amide bonds. The number of fused-ring (bicyclic) bond motifs is 1. The average molecular weight is 217 g/mol. The van der Waals surface area contributed by atoms with Gasteiger partial charge < -0.3 is 10.5 Å². The van der Waals surface area contributed by atoms with Crippen LogP contribution >= 0.6 is 0 Å². The van der Waals surface area contributed by atoms with Crippen molar-refractivity contribution in [3.05, 3.63) is 29.3 Å². The molecule has 0 spiro atoms. The molecule has 1 saturated carbocycles. The van der Waals surface area contributed by atoms with E-state index in [1.807, 2.05) is 0 Å². The van der Waals surface area contributed by atoms with Gasteiger partial charge in [-0.15, -0.1) is 0 Å².